The fraction of sp³-hybridized carbons (Fsp3) is 0.185. The van der Waals surface area contributed by atoms with Crippen molar-refractivity contribution in [3.8, 4) is 11.5 Å². The summed E-state index contributed by atoms with van der Waals surface area (Å²) in [7, 11) is 2.70. The van der Waals surface area contributed by atoms with Crippen LogP contribution in [0.1, 0.15) is 33.0 Å². The minimum atomic E-state index is -0.813. The summed E-state index contributed by atoms with van der Waals surface area (Å²) < 4.78 is 21.2. The second-order valence-corrected chi connectivity index (χ2v) is 8.26. The van der Waals surface area contributed by atoms with Crippen LogP contribution in [0, 0.1) is 13.8 Å². The van der Waals surface area contributed by atoms with Crippen LogP contribution in [0.15, 0.2) is 58.5 Å². The van der Waals surface area contributed by atoms with Crippen LogP contribution in [0.2, 0.25) is 0 Å². The molecule has 1 N–H and O–H groups in total. The lowest BCUT2D eigenvalue weighted by Crippen LogP contribution is -2.54. The number of hydrogen-bond donors (Lipinski definition) is 1. The van der Waals surface area contributed by atoms with Crippen LogP contribution in [0.4, 0.5) is 10.5 Å². The average Bonchev–Trinajstić information content (AvgIpc) is 3.33. The van der Waals surface area contributed by atoms with E-state index in [4.69, 9.17) is 13.9 Å². The van der Waals surface area contributed by atoms with Crippen molar-refractivity contribution in [3.63, 3.8) is 0 Å². The maximum Gasteiger partial charge on any atom is 0.373 e. The molecule has 0 spiro atoms. The van der Waals surface area contributed by atoms with Crippen LogP contribution in [0.25, 0.3) is 6.08 Å². The summed E-state index contributed by atoms with van der Waals surface area (Å²) in [4.78, 5) is 50.7. The van der Waals surface area contributed by atoms with Crippen LogP contribution in [0.3, 0.4) is 0 Å². The fourth-order valence-electron chi connectivity index (χ4n) is 3.85. The van der Waals surface area contributed by atoms with E-state index in [-0.39, 0.29) is 17.9 Å². The number of anilines is 1. The van der Waals surface area contributed by atoms with E-state index in [2.05, 4.69) is 10.1 Å². The number of urea groups is 1. The van der Waals surface area contributed by atoms with E-state index in [9.17, 15) is 19.2 Å². The summed E-state index contributed by atoms with van der Waals surface area (Å²) in [5, 5.41) is 2.22. The summed E-state index contributed by atoms with van der Waals surface area (Å²) in [6.07, 6.45) is 1.38. The molecule has 0 atom stereocenters. The van der Waals surface area contributed by atoms with Crippen molar-refractivity contribution in [2.24, 2.45) is 0 Å². The molecule has 3 aromatic rings. The van der Waals surface area contributed by atoms with Gasteiger partial charge in [-0.2, -0.15) is 0 Å². The number of rotatable bonds is 7. The number of aryl methyl sites for hydroxylation is 2. The lowest BCUT2D eigenvalue weighted by atomic mass is 10.0. The van der Waals surface area contributed by atoms with Gasteiger partial charge in [0.15, 0.2) is 11.5 Å². The number of carbonyl (C=O) groups excluding carboxylic acids is 4. The molecule has 190 valence electrons. The van der Waals surface area contributed by atoms with E-state index in [0.29, 0.717) is 28.5 Å². The van der Waals surface area contributed by atoms with Crippen LogP contribution in [0.5, 0.6) is 11.5 Å². The molecule has 0 aliphatic carbocycles. The van der Waals surface area contributed by atoms with E-state index in [1.165, 1.54) is 26.4 Å². The molecule has 0 unspecified atom stereocenters. The molecule has 10 nitrogen and oxygen atoms in total. The molecule has 1 aromatic heterocycles. The van der Waals surface area contributed by atoms with Crippen LogP contribution >= 0.6 is 0 Å². The summed E-state index contributed by atoms with van der Waals surface area (Å²) in [5.74, 6) is -0.980. The highest BCUT2D eigenvalue weighted by Gasteiger charge is 2.37. The van der Waals surface area contributed by atoms with Gasteiger partial charge >= 0.3 is 12.0 Å². The molecule has 0 radical (unpaired) electrons. The Bertz CT molecular complexity index is 1420. The van der Waals surface area contributed by atoms with E-state index in [1.54, 1.807) is 36.4 Å². The van der Waals surface area contributed by atoms with Gasteiger partial charge in [-0.3, -0.25) is 14.9 Å². The molecular formula is C27H24N2O8. The molecule has 4 rings (SSSR count). The maximum atomic E-state index is 13.2. The van der Waals surface area contributed by atoms with E-state index < -0.39 is 23.8 Å². The molecule has 1 fully saturated rings. The Morgan fingerprint density at radius 2 is 1.70 bits per heavy atom. The number of furan rings is 1. The zero-order chi connectivity index (χ0) is 26.7. The van der Waals surface area contributed by atoms with Crippen LogP contribution in [-0.4, -0.2) is 38.0 Å². The number of barbiturate groups is 1. The molecular weight excluding hydrogens is 480 g/mol. The molecule has 0 saturated carbocycles. The third-order valence-corrected chi connectivity index (χ3v) is 5.48. The molecule has 2 aromatic carbocycles. The molecule has 2 heterocycles. The van der Waals surface area contributed by atoms with Crippen LogP contribution < -0.4 is 19.7 Å². The van der Waals surface area contributed by atoms with Gasteiger partial charge in [-0.05, 0) is 73.0 Å². The molecule has 0 bridgehead atoms. The van der Waals surface area contributed by atoms with Gasteiger partial charge in [0.1, 0.15) is 17.9 Å². The van der Waals surface area contributed by atoms with Gasteiger partial charge in [0.05, 0.1) is 19.9 Å². The number of benzene rings is 2. The largest absolute Gasteiger partial charge is 0.493 e. The molecule has 1 aliphatic heterocycles. The Kier molecular flexibility index (Phi) is 7.10. The number of nitrogens with zero attached hydrogens (tertiary/aromatic N) is 1. The van der Waals surface area contributed by atoms with E-state index in [0.717, 1.165) is 16.0 Å². The number of carbonyl (C=O) groups is 4. The Hall–Kier alpha value is -4.86. The number of imide groups is 2. The Morgan fingerprint density at radius 3 is 2.38 bits per heavy atom. The maximum absolute atomic E-state index is 13.2. The summed E-state index contributed by atoms with van der Waals surface area (Å²) in [6.45, 7) is 3.72. The van der Waals surface area contributed by atoms with Gasteiger partial charge in [0.25, 0.3) is 11.8 Å². The summed E-state index contributed by atoms with van der Waals surface area (Å²) in [6, 6.07) is 12.4. The van der Waals surface area contributed by atoms with Gasteiger partial charge in [0.2, 0.25) is 5.76 Å². The predicted octanol–water partition coefficient (Wildman–Crippen LogP) is 3.94. The monoisotopic (exact) mass is 504 g/mol. The van der Waals surface area contributed by atoms with Gasteiger partial charge in [0, 0.05) is 0 Å². The van der Waals surface area contributed by atoms with Gasteiger partial charge < -0.3 is 18.6 Å². The Balaban J connectivity index is 1.57. The van der Waals surface area contributed by atoms with Crippen molar-refractivity contribution in [2.45, 2.75) is 20.5 Å². The number of nitrogens with one attached hydrogen (secondary N) is 1. The molecule has 37 heavy (non-hydrogen) atoms. The van der Waals surface area contributed by atoms with Crippen molar-refractivity contribution in [1.82, 2.24) is 5.32 Å². The minimum Gasteiger partial charge on any atom is -0.493 e. The number of ether oxygens (including phenoxy) is 3. The predicted molar refractivity (Wildman–Crippen MR) is 132 cm³/mol. The van der Waals surface area contributed by atoms with Crippen molar-refractivity contribution in [3.05, 3.63) is 82.3 Å². The van der Waals surface area contributed by atoms with Crippen molar-refractivity contribution in [1.29, 1.82) is 0 Å². The highest BCUT2D eigenvalue weighted by molar-refractivity contribution is 6.39. The molecule has 4 amide bonds. The Morgan fingerprint density at radius 1 is 0.973 bits per heavy atom. The van der Waals surface area contributed by atoms with Crippen molar-refractivity contribution < 1.29 is 37.8 Å². The third kappa shape index (κ3) is 5.37. The second kappa shape index (κ2) is 10.4. The first kappa shape index (κ1) is 25.2. The lowest BCUT2D eigenvalue weighted by Gasteiger charge is -2.27. The smallest absolute Gasteiger partial charge is 0.373 e. The van der Waals surface area contributed by atoms with Gasteiger partial charge in [-0.25, -0.2) is 14.5 Å². The number of esters is 1. The summed E-state index contributed by atoms with van der Waals surface area (Å²) >= 11 is 0. The fourth-order valence-corrected chi connectivity index (χ4v) is 3.85. The third-order valence-electron chi connectivity index (χ3n) is 5.48. The highest BCUT2D eigenvalue weighted by Crippen LogP contribution is 2.31. The number of methoxy groups -OCH3 is 2. The normalized spacial score (nSPS) is 14.5. The zero-order valence-electron chi connectivity index (χ0n) is 20.6. The van der Waals surface area contributed by atoms with Gasteiger partial charge in [-0.15, -0.1) is 0 Å². The lowest BCUT2D eigenvalue weighted by molar-refractivity contribution is -0.122. The highest BCUT2D eigenvalue weighted by atomic mass is 16.5. The standard InChI is InChI=1S/C27H24N2O8/c1-15-9-16(2)11-18(10-15)29-25(31)20(24(30)28-27(29)33)12-17-5-7-21(23(13-17)34-3)36-14-19-6-8-22(37-19)26(32)35-4/h5-13H,14H2,1-4H3,(H,28,30,33)/b20-12-. The number of amides is 4. The Labute approximate surface area is 212 Å². The number of hydrogen-bond acceptors (Lipinski definition) is 8. The first-order valence-electron chi connectivity index (χ1n) is 11.2. The van der Waals surface area contributed by atoms with Gasteiger partial charge in [-0.1, -0.05) is 12.1 Å². The summed E-state index contributed by atoms with van der Waals surface area (Å²) in [5.41, 5.74) is 2.38. The average molecular weight is 504 g/mol. The topological polar surface area (TPSA) is 124 Å². The van der Waals surface area contributed by atoms with E-state index >= 15 is 0 Å². The van der Waals surface area contributed by atoms with Crippen LogP contribution in [-0.2, 0) is 20.9 Å². The SMILES string of the molecule is COC(=O)c1ccc(COc2ccc(/C=C3/C(=O)NC(=O)N(c4cc(C)cc(C)c4)C3=O)cc2OC)o1. The second-order valence-electron chi connectivity index (χ2n) is 8.26. The minimum absolute atomic E-state index is 0.0155. The quantitative estimate of drug-likeness (QED) is 0.292. The molecule has 10 heteroatoms. The molecule has 1 saturated heterocycles. The zero-order valence-corrected chi connectivity index (χ0v) is 20.6. The molecule has 1 aliphatic rings. The van der Waals surface area contributed by atoms with Crippen molar-refractivity contribution >= 4 is 35.6 Å². The van der Waals surface area contributed by atoms with E-state index in [1.807, 2.05) is 19.9 Å². The first-order chi connectivity index (χ1) is 17.7. The van der Waals surface area contributed by atoms with Crippen molar-refractivity contribution in [2.75, 3.05) is 19.1 Å². The first-order valence-corrected chi connectivity index (χ1v) is 11.2.